The molecule has 0 radical (unpaired) electrons. The molecule has 2 rings (SSSR count). The van der Waals surface area contributed by atoms with Gasteiger partial charge in [0.15, 0.2) is 0 Å². The SMILES string of the molecule is CNC(=O)/C(=C/C1=CC1)N=C1CC1. The van der Waals surface area contributed by atoms with E-state index in [4.69, 9.17) is 0 Å². The molecule has 0 saturated heterocycles. The van der Waals surface area contributed by atoms with Gasteiger partial charge in [0.2, 0.25) is 0 Å². The molecule has 1 amide bonds. The summed E-state index contributed by atoms with van der Waals surface area (Å²) < 4.78 is 0. The lowest BCUT2D eigenvalue weighted by Gasteiger charge is -1.97. The molecule has 0 heterocycles. The number of amides is 1. The lowest BCUT2D eigenvalue weighted by molar-refractivity contribution is -0.117. The van der Waals surface area contributed by atoms with Crippen LogP contribution in [0.4, 0.5) is 0 Å². The predicted molar refractivity (Wildman–Crippen MR) is 51.5 cm³/mol. The first-order valence-electron chi connectivity index (χ1n) is 4.49. The van der Waals surface area contributed by atoms with E-state index in [1.54, 1.807) is 7.05 Å². The van der Waals surface area contributed by atoms with E-state index in [2.05, 4.69) is 16.4 Å². The lowest BCUT2D eigenvalue weighted by Crippen LogP contribution is -2.19. The third-order valence-electron chi connectivity index (χ3n) is 1.97. The molecule has 0 aromatic rings. The van der Waals surface area contributed by atoms with Gasteiger partial charge in [-0.1, -0.05) is 6.08 Å². The van der Waals surface area contributed by atoms with E-state index < -0.39 is 0 Å². The smallest absolute Gasteiger partial charge is 0.269 e. The summed E-state index contributed by atoms with van der Waals surface area (Å²) in [6, 6.07) is 0. The number of nitrogens with zero attached hydrogens (tertiary/aromatic N) is 1. The van der Waals surface area contributed by atoms with Crippen LogP contribution in [0.3, 0.4) is 0 Å². The second kappa shape index (κ2) is 3.17. The number of rotatable bonds is 3. The van der Waals surface area contributed by atoms with Gasteiger partial charge in [-0.15, -0.1) is 0 Å². The quantitative estimate of drug-likeness (QED) is 0.644. The van der Waals surface area contributed by atoms with Crippen molar-refractivity contribution in [2.75, 3.05) is 7.05 Å². The number of likely N-dealkylation sites (N-methyl/N-ethyl adjacent to an activating group) is 1. The van der Waals surface area contributed by atoms with Gasteiger partial charge in [0, 0.05) is 12.8 Å². The summed E-state index contributed by atoms with van der Waals surface area (Å²) in [4.78, 5) is 15.6. The van der Waals surface area contributed by atoms with Gasteiger partial charge >= 0.3 is 0 Å². The van der Waals surface area contributed by atoms with Crippen molar-refractivity contribution in [3.05, 3.63) is 23.4 Å². The number of carbonyl (C=O) groups excluding carboxylic acids is 1. The third-order valence-corrected chi connectivity index (χ3v) is 1.97. The average molecular weight is 176 g/mol. The number of hydrogen-bond acceptors (Lipinski definition) is 2. The zero-order valence-electron chi connectivity index (χ0n) is 7.63. The maximum atomic E-state index is 11.3. The Morgan fingerprint density at radius 2 is 2.31 bits per heavy atom. The van der Waals surface area contributed by atoms with E-state index in [0.717, 1.165) is 25.0 Å². The van der Waals surface area contributed by atoms with Gasteiger partial charge in [-0.3, -0.25) is 9.79 Å². The molecule has 0 aromatic heterocycles. The van der Waals surface area contributed by atoms with Crippen LogP contribution in [-0.2, 0) is 4.79 Å². The van der Waals surface area contributed by atoms with Crippen LogP contribution < -0.4 is 5.32 Å². The summed E-state index contributed by atoms with van der Waals surface area (Å²) >= 11 is 0. The van der Waals surface area contributed by atoms with Crippen molar-refractivity contribution >= 4 is 11.6 Å². The average Bonchev–Trinajstić information content (AvgIpc) is 2.94. The van der Waals surface area contributed by atoms with Crippen molar-refractivity contribution in [3.8, 4) is 0 Å². The Morgan fingerprint density at radius 3 is 2.77 bits per heavy atom. The van der Waals surface area contributed by atoms with Crippen LogP contribution >= 0.6 is 0 Å². The van der Waals surface area contributed by atoms with Gasteiger partial charge in [0.05, 0.1) is 0 Å². The largest absolute Gasteiger partial charge is 0.354 e. The Morgan fingerprint density at radius 1 is 1.62 bits per heavy atom. The van der Waals surface area contributed by atoms with Crippen molar-refractivity contribution < 1.29 is 4.79 Å². The van der Waals surface area contributed by atoms with Crippen LogP contribution in [0, 0.1) is 0 Å². The fourth-order valence-electron chi connectivity index (χ4n) is 0.967. The van der Waals surface area contributed by atoms with E-state index >= 15 is 0 Å². The minimum atomic E-state index is -0.0906. The highest BCUT2D eigenvalue weighted by molar-refractivity contribution is 6.03. The molecule has 0 unspecified atom stereocenters. The Kier molecular flexibility index (Phi) is 2.00. The number of aliphatic imine (C=N–C) groups is 1. The molecule has 0 bridgehead atoms. The van der Waals surface area contributed by atoms with E-state index in [0.29, 0.717) is 5.70 Å². The van der Waals surface area contributed by atoms with Crippen molar-refractivity contribution in [1.29, 1.82) is 0 Å². The first kappa shape index (κ1) is 8.23. The second-order valence-corrected chi connectivity index (χ2v) is 3.27. The van der Waals surface area contributed by atoms with Crippen molar-refractivity contribution in [1.82, 2.24) is 5.32 Å². The Balaban J connectivity index is 2.14. The Hall–Kier alpha value is -1.38. The molecule has 0 spiro atoms. The predicted octanol–water partition coefficient (Wildman–Crippen LogP) is 1.18. The normalized spacial score (nSPS) is 19.3. The van der Waals surface area contributed by atoms with Crippen molar-refractivity contribution in [2.24, 2.45) is 4.99 Å². The Bertz CT molecular complexity index is 331. The summed E-state index contributed by atoms with van der Waals surface area (Å²) in [5.41, 5.74) is 2.90. The number of hydrogen-bond donors (Lipinski definition) is 1. The first-order valence-corrected chi connectivity index (χ1v) is 4.49. The first-order chi connectivity index (χ1) is 6.29. The summed E-state index contributed by atoms with van der Waals surface area (Å²) in [6.07, 6.45) is 7.05. The summed E-state index contributed by atoms with van der Waals surface area (Å²) in [5, 5.41) is 2.59. The minimum absolute atomic E-state index is 0.0906. The van der Waals surface area contributed by atoms with Crippen LogP contribution in [0.25, 0.3) is 0 Å². The maximum absolute atomic E-state index is 11.3. The number of allylic oxidation sites excluding steroid dienone is 3. The van der Waals surface area contributed by atoms with Gasteiger partial charge in [-0.05, 0) is 30.9 Å². The van der Waals surface area contributed by atoms with Crippen LogP contribution in [0.2, 0.25) is 0 Å². The topological polar surface area (TPSA) is 41.5 Å². The third kappa shape index (κ3) is 2.28. The molecular formula is C10H12N2O. The fourth-order valence-corrected chi connectivity index (χ4v) is 0.967. The van der Waals surface area contributed by atoms with Crippen LogP contribution in [-0.4, -0.2) is 18.7 Å². The van der Waals surface area contributed by atoms with Crippen molar-refractivity contribution in [2.45, 2.75) is 19.3 Å². The zero-order valence-corrected chi connectivity index (χ0v) is 7.63. The Labute approximate surface area is 77.2 Å². The highest BCUT2D eigenvalue weighted by atomic mass is 16.1. The molecule has 1 N–H and O–H groups in total. The zero-order chi connectivity index (χ0) is 9.26. The van der Waals surface area contributed by atoms with Crippen molar-refractivity contribution in [3.63, 3.8) is 0 Å². The molecule has 0 aliphatic heterocycles. The van der Waals surface area contributed by atoms with Crippen LogP contribution in [0.15, 0.2) is 28.4 Å². The summed E-state index contributed by atoms with van der Waals surface area (Å²) in [6.45, 7) is 0. The highest BCUT2D eigenvalue weighted by Gasteiger charge is 2.17. The molecule has 13 heavy (non-hydrogen) atoms. The number of carbonyl (C=O) groups is 1. The van der Waals surface area contributed by atoms with Gasteiger partial charge in [-0.25, -0.2) is 0 Å². The summed E-state index contributed by atoms with van der Waals surface area (Å²) in [7, 11) is 1.63. The van der Waals surface area contributed by atoms with Gasteiger partial charge in [0.25, 0.3) is 5.91 Å². The van der Waals surface area contributed by atoms with E-state index in [-0.39, 0.29) is 5.91 Å². The molecule has 2 aliphatic rings. The monoisotopic (exact) mass is 176 g/mol. The highest BCUT2D eigenvalue weighted by Crippen LogP contribution is 2.23. The molecule has 1 saturated carbocycles. The lowest BCUT2D eigenvalue weighted by atomic mass is 10.3. The molecule has 0 atom stereocenters. The van der Waals surface area contributed by atoms with Crippen LogP contribution in [0.1, 0.15) is 19.3 Å². The molecule has 3 heteroatoms. The van der Waals surface area contributed by atoms with Gasteiger partial charge in [-0.2, -0.15) is 0 Å². The van der Waals surface area contributed by atoms with E-state index in [9.17, 15) is 4.79 Å². The van der Waals surface area contributed by atoms with E-state index in [1.165, 1.54) is 5.57 Å². The summed E-state index contributed by atoms with van der Waals surface area (Å²) in [5.74, 6) is -0.0906. The van der Waals surface area contributed by atoms with Gasteiger partial charge in [0.1, 0.15) is 5.70 Å². The van der Waals surface area contributed by atoms with Gasteiger partial charge < -0.3 is 5.32 Å². The number of nitrogens with one attached hydrogen (secondary N) is 1. The minimum Gasteiger partial charge on any atom is -0.354 e. The second-order valence-electron chi connectivity index (χ2n) is 3.27. The maximum Gasteiger partial charge on any atom is 0.269 e. The molecular weight excluding hydrogens is 164 g/mol. The molecule has 68 valence electrons. The molecule has 2 aliphatic carbocycles. The standard InChI is InChI=1S/C10H12N2O/c1-11-10(13)9(6-7-2-3-7)12-8-4-5-8/h2,6H,3-5H2,1H3,(H,11,13)/b9-6-. The van der Waals surface area contributed by atoms with E-state index in [1.807, 2.05) is 6.08 Å². The molecule has 0 aromatic carbocycles. The molecule has 1 fully saturated rings. The van der Waals surface area contributed by atoms with Crippen LogP contribution in [0.5, 0.6) is 0 Å². The fraction of sp³-hybridized carbons (Fsp3) is 0.400. The molecule has 3 nitrogen and oxygen atoms in total.